The molecule has 2 aliphatic heterocycles. The summed E-state index contributed by atoms with van der Waals surface area (Å²) in [5.41, 5.74) is 19.9. The zero-order valence-corrected chi connectivity index (χ0v) is 41.5. The highest BCUT2D eigenvalue weighted by atomic mass is 16.5. The molecular weight excluding hydrogens is 805 g/mol. The van der Waals surface area contributed by atoms with Crippen molar-refractivity contribution in [2.24, 2.45) is 0 Å². The zero-order chi connectivity index (χ0) is 46.6. The summed E-state index contributed by atoms with van der Waals surface area (Å²) in [6.07, 6.45) is 1.90. The molecule has 5 nitrogen and oxygen atoms in total. The maximum absolute atomic E-state index is 7.07. The van der Waals surface area contributed by atoms with Crippen molar-refractivity contribution in [3.05, 3.63) is 172 Å². The number of hydrogen-bond donors (Lipinski definition) is 0. The van der Waals surface area contributed by atoms with Crippen LogP contribution in [-0.2, 0) is 27.1 Å². The summed E-state index contributed by atoms with van der Waals surface area (Å²) in [7, 11) is 2.24. The van der Waals surface area contributed by atoms with Gasteiger partial charge in [-0.05, 0) is 132 Å². The van der Waals surface area contributed by atoms with Crippen molar-refractivity contribution in [2.75, 3.05) is 23.5 Å². The molecule has 3 aliphatic rings. The van der Waals surface area contributed by atoms with Crippen LogP contribution in [0, 0.1) is 6.92 Å². The molecule has 1 spiro atoms. The third-order valence-electron chi connectivity index (χ3n) is 14.8. The van der Waals surface area contributed by atoms with Crippen molar-refractivity contribution in [1.29, 1.82) is 0 Å². The number of aryl methyl sites for hydroxylation is 1. The van der Waals surface area contributed by atoms with E-state index in [2.05, 4.69) is 227 Å². The molecule has 8 aromatic rings. The Kier molecular flexibility index (Phi) is 8.88. The number of anilines is 3. The molecule has 4 heterocycles. The number of pyridine rings is 1. The SMILES string of the molecule is Cc1ccnc(-n2c3ccccc3c3ccc(Oc4ccc5c(c4)N4CN(C)c6cccc(c64)C54c5c(cc(C(C)(C)C)cc5C(C)(C)C)-c5cc(C(C)(C)C)cc(C(C)(C)C)c54)cc32)c1. The lowest BCUT2D eigenvalue weighted by Crippen LogP contribution is -2.40. The highest BCUT2D eigenvalue weighted by Crippen LogP contribution is 2.68. The van der Waals surface area contributed by atoms with Gasteiger partial charge in [-0.2, -0.15) is 0 Å². The predicted octanol–water partition coefficient (Wildman–Crippen LogP) is 15.7. The molecular formula is C61H64N4O. The topological polar surface area (TPSA) is 33.5 Å². The highest BCUT2D eigenvalue weighted by molar-refractivity contribution is 6.09. The van der Waals surface area contributed by atoms with Gasteiger partial charge >= 0.3 is 0 Å². The minimum absolute atomic E-state index is 0.0441. The van der Waals surface area contributed by atoms with Crippen LogP contribution in [0.1, 0.15) is 133 Å². The number of fused-ring (bicyclic) bond motifs is 12. The Morgan fingerprint density at radius 3 is 1.77 bits per heavy atom. The Balaban J connectivity index is 1.21. The lowest BCUT2D eigenvalue weighted by atomic mass is 9.59. The van der Waals surface area contributed by atoms with Gasteiger partial charge in [0.2, 0.25) is 0 Å². The third kappa shape index (κ3) is 6.07. The standard InChI is InChI=1S/C61H64N4O/c1-36-26-27-62-53(28-36)65-49-20-16-15-18-41(49)42-24-22-39(33-51(42)65)66-40-23-25-45-52(34-40)64-35-63(14)50-21-17-19-46(56(50)64)61(45)54-43(29-37(57(2,3)4)31-47(54)59(8,9)10)44-30-38(58(5,6)7)32-48(55(44)61)60(11,12)13/h15-34H,35H2,1-14H3. The van der Waals surface area contributed by atoms with Gasteiger partial charge in [-0.3, -0.25) is 4.57 Å². The summed E-state index contributed by atoms with van der Waals surface area (Å²) in [5, 5.41) is 2.37. The van der Waals surface area contributed by atoms with Crippen molar-refractivity contribution in [3.8, 4) is 28.4 Å². The molecule has 1 aliphatic carbocycles. The van der Waals surface area contributed by atoms with Crippen LogP contribution in [0.25, 0.3) is 38.8 Å². The van der Waals surface area contributed by atoms with E-state index in [1.165, 1.54) is 89.0 Å². The van der Waals surface area contributed by atoms with Crippen LogP contribution in [0.4, 0.5) is 17.1 Å². The first-order valence-corrected chi connectivity index (χ1v) is 23.9. The third-order valence-corrected chi connectivity index (χ3v) is 14.8. The largest absolute Gasteiger partial charge is 0.457 e. The zero-order valence-electron chi connectivity index (χ0n) is 41.5. The van der Waals surface area contributed by atoms with E-state index in [-0.39, 0.29) is 21.7 Å². The van der Waals surface area contributed by atoms with E-state index in [9.17, 15) is 0 Å². The van der Waals surface area contributed by atoms with Crippen LogP contribution >= 0.6 is 0 Å². The van der Waals surface area contributed by atoms with Crippen molar-refractivity contribution in [1.82, 2.24) is 9.55 Å². The second kappa shape index (κ2) is 13.9. The fourth-order valence-electron chi connectivity index (χ4n) is 11.5. The number of ether oxygens (including phenoxy) is 1. The van der Waals surface area contributed by atoms with Crippen molar-refractivity contribution >= 4 is 38.9 Å². The van der Waals surface area contributed by atoms with Crippen molar-refractivity contribution in [3.63, 3.8) is 0 Å². The fraction of sp³-hybridized carbons (Fsp3) is 0.328. The van der Waals surface area contributed by atoms with E-state index < -0.39 is 5.41 Å². The van der Waals surface area contributed by atoms with E-state index in [1.807, 2.05) is 6.20 Å². The molecule has 6 aromatic carbocycles. The second-order valence-electron chi connectivity index (χ2n) is 23.6. The Bertz CT molecular complexity index is 3260. The van der Waals surface area contributed by atoms with Gasteiger partial charge in [-0.15, -0.1) is 0 Å². The molecule has 0 saturated carbocycles. The van der Waals surface area contributed by atoms with Gasteiger partial charge < -0.3 is 14.5 Å². The molecule has 0 radical (unpaired) electrons. The minimum atomic E-state index is -0.607. The Morgan fingerprint density at radius 1 is 0.545 bits per heavy atom. The molecule has 11 rings (SSSR count). The van der Waals surface area contributed by atoms with Crippen molar-refractivity contribution < 1.29 is 4.74 Å². The number of benzene rings is 6. The van der Waals surface area contributed by atoms with Crippen LogP contribution in [-0.4, -0.2) is 23.3 Å². The molecule has 0 N–H and O–H groups in total. The molecule has 66 heavy (non-hydrogen) atoms. The molecule has 0 amide bonds. The summed E-state index contributed by atoms with van der Waals surface area (Å²) < 4.78 is 9.33. The summed E-state index contributed by atoms with van der Waals surface area (Å²) in [6, 6.07) is 43.6. The average molecular weight is 869 g/mol. The molecule has 0 atom stereocenters. The Morgan fingerprint density at radius 2 is 1.15 bits per heavy atom. The van der Waals surface area contributed by atoms with Crippen LogP contribution in [0.15, 0.2) is 121 Å². The fourth-order valence-corrected chi connectivity index (χ4v) is 11.5. The first-order valence-electron chi connectivity index (χ1n) is 23.9. The molecule has 5 heteroatoms. The number of rotatable bonds is 3. The van der Waals surface area contributed by atoms with E-state index >= 15 is 0 Å². The molecule has 0 fully saturated rings. The van der Waals surface area contributed by atoms with E-state index in [4.69, 9.17) is 9.72 Å². The maximum atomic E-state index is 7.07. The second-order valence-corrected chi connectivity index (χ2v) is 23.6. The van der Waals surface area contributed by atoms with Crippen LogP contribution < -0.4 is 14.5 Å². The Hall–Kier alpha value is -6.33. The van der Waals surface area contributed by atoms with E-state index in [0.717, 1.165) is 35.0 Å². The summed E-state index contributed by atoms with van der Waals surface area (Å²) in [6.45, 7) is 31.6. The number of aromatic nitrogens is 2. The van der Waals surface area contributed by atoms with Gasteiger partial charge in [0.05, 0.1) is 40.2 Å². The number of hydrogen-bond acceptors (Lipinski definition) is 4. The lowest BCUT2D eigenvalue weighted by Gasteiger charge is -2.46. The van der Waals surface area contributed by atoms with Gasteiger partial charge in [-0.25, -0.2) is 4.98 Å². The van der Waals surface area contributed by atoms with Gasteiger partial charge in [-0.1, -0.05) is 144 Å². The summed E-state index contributed by atoms with van der Waals surface area (Å²) in [5.74, 6) is 2.50. The van der Waals surface area contributed by atoms with E-state index in [1.54, 1.807) is 0 Å². The monoisotopic (exact) mass is 869 g/mol. The first-order chi connectivity index (χ1) is 31.1. The van der Waals surface area contributed by atoms with Gasteiger partial charge in [0, 0.05) is 36.1 Å². The molecule has 0 bridgehead atoms. The Labute approximate surface area is 392 Å². The van der Waals surface area contributed by atoms with Crippen LogP contribution in [0.5, 0.6) is 11.5 Å². The predicted molar refractivity (Wildman–Crippen MR) is 277 cm³/mol. The molecule has 334 valence electrons. The van der Waals surface area contributed by atoms with Crippen LogP contribution in [0.2, 0.25) is 0 Å². The number of nitrogens with zero attached hydrogens (tertiary/aromatic N) is 4. The number of para-hydroxylation sites is 2. The lowest BCUT2D eigenvalue weighted by molar-refractivity contribution is 0.482. The molecule has 0 unspecified atom stereocenters. The molecule has 2 aromatic heterocycles. The van der Waals surface area contributed by atoms with Gasteiger partial charge in [0.1, 0.15) is 17.3 Å². The normalized spacial score (nSPS) is 15.1. The summed E-state index contributed by atoms with van der Waals surface area (Å²) in [4.78, 5) is 9.82. The average Bonchev–Trinajstić information content (AvgIpc) is 3.87. The van der Waals surface area contributed by atoms with E-state index in [0.29, 0.717) is 0 Å². The van der Waals surface area contributed by atoms with Crippen molar-refractivity contribution in [2.45, 2.75) is 117 Å². The summed E-state index contributed by atoms with van der Waals surface area (Å²) >= 11 is 0. The quantitative estimate of drug-likeness (QED) is 0.177. The van der Waals surface area contributed by atoms with Gasteiger partial charge in [0.15, 0.2) is 0 Å². The first kappa shape index (κ1) is 42.3. The van der Waals surface area contributed by atoms with Crippen LogP contribution in [0.3, 0.4) is 0 Å². The smallest absolute Gasteiger partial charge is 0.137 e. The molecule has 0 saturated heterocycles. The minimum Gasteiger partial charge on any atom is -0.457 e. The maximum Gasteiger partial charge on any atom is 0.137 e. The van der Waals surface area contributed by atoms with Gasteiger partial charge in [0.25, 0.3) is 0 Å². The highest BCUT2D eigenvalue weighted by Gasteiger charge is 2.57.